The van der Waals surface area contributed by atoms with E-state index in [0.717, 1.165) is 0 Å². The molecule has 1 fully saturated rings. The summed E-state index contributed by atoms with van der Waals surface area (Å²) in [6, 6.07) is 6.32. The topological polar surface area (TPSA) is 77.9 Å². The summed E-state index contributed by atoms with van der Waals surface area (Å²) in [5.74, 6) is -0.643. The second-order valence-electron chi connectivity index (χ2n) is 4.70. The van der Waals surface area contributed by atoms with Gasteiger partial charge in [0.15, 0.2) is 0 Å². The van der Waals surface area contributed by atoms with Crippen LogP contribution in [0.25, 0.3) is 0 Å². The molecule has 1 saturated heterocycles. The Hall–Kier alpha value is -2.37. The van der Waals surface area contributed by atoms with Crippen LogP contribution in [-0.2, 0) is 0 Å². The zero-order chi connectivity index (χ0) is 13.6. The molecule has 1 aromatic rings. The number of carboxylic acid groups (broad SMARTS) is 1. The third-order valence-electron chi connectivity index (χ3n) is 3.62. The number of likely N-dealkylation sites (tertiary alicyclic amines) is 1. The number of rotatable bonds is 1. The van der Waals surface area contributed by atoms with Gasteiger partial charge in [0.05, 0.1) is 17.2 Å². The Morgan fingerprint density at radius 2 is 1.74 bits per heavy atom. The summed E-state index contributed by atoms with van der Waals surface area (Å²) in [4.78, 5) is 37.7. The largest absolute Gasteiger partial charge is 0.465 e. The van der Waals surface area contributed by atoms with Crippen molar-refractivity contribution in [3.63, 3.8) is 0 Å². The number of hydrogen-bond acceptors (Lipinski definition) is 3. The number of nitrogens with zero attached hydrogens (tertiary/aromatic N) is 2. The molecule has 98 valence electrons. The Morgan fingerprint density at radius 1 is 1.16 bits per heavy atom. The summed E-state index contributed by atoms with van der Waals surface area (Å²) < 4.78 is 0. The minimum Gasteiger partial charge on any atom is -0.465 e. The van der Waals surface area contributed by atoms with E-state index in [4.69, 9.17) is 5.11 Å². The average Bonchev–Trinajstić information content (AvgIpc) is 2.96. The molecular formula is C13H12N2O4. The maximum Gasteiger partial charge on any atom is 0.407 e. The molecule has 2 aliphatic heterocycles. The van der Waals surface area contributed by atoms with E-state index >= 15 is 0 Å². The number of imide groups is 1. The van der Waals surface area contributed by atoms with E-state index in [-0.39, 0.29) is 24.4 Å². The van der Waals surface area contributed by atoms with Crippen molar-refractivity contribution in [3.05, 3.63) is 35.4 Å². The van der Waals surface area contributed by atoms with Crippen LogP contribution in [0.1, 0.15) is 27.1 Å². The van der Waals surface area contributed by atoms with Gasteiger partial charge in [0.1, 0.15) is 0 Å². The summed E-state index contributed by atoms with van der Waals surface area (Å²) >= 11 is 0. The molecule has 0 aromatic heterocycles. The van der Waals surface area contributed by atoms with E-state index in [1.54, 1.807) is 24.3 Å². The standard InChI is InChI=1S/C13H12N2O4/c16-11-9-3-1-2-4-10(9)12(17)15(11)8-5-6-14(7-8)13(18)19/h1-4,8H,5-7H2,(H,18,19). The molecular weight excluding hydrogens is 248 g/mol. The lowest BCUT2D eigenvalue weighted by Gasteiger charge is -2.21. The van der Waals surface area contributed by atoms with E-state index in [0.29, 0.717) is 24.1 Å². The lowest BCUT2D eigenvalue weighted by Crippen LogP contribution is -2.42. The van der Waals surface area contributed by atoms with Gasteiger partial charge in [-0.25, -0.2) is 4.79 Å². The molecule has 1 N–H and O–H groups in total. The number of fused-ring (bicyclic) bond motifs is 1. The monoisotopic (exact) mass is 260 g/mol. The SMILES string of the molecule is O=C(O)N1CCC(N2C(=O)c3ccccc3C2=O)C1. The van der Waals surface area contributed by atoms with E-state index in [2.05, 4.69) is 0 Å². The molecule has 2 heterocycles. The summed E-state index contributed by atoms with van der Waals surface area (Å²) in [5.41, 5.74) is 0.808. The average molecular weight is 260 g/mol. The number of amides is 3. The Labute approximate surface area is 109 Å². The van der Waals surface area contributed by atoms with Crippen LogP contribution in [0.5, 0.6) is 0 Å². The molecule has 0 spiro atoms. The summed E-state index contributed by atoms with van der Waals surface area (Å²) in [7, 11) is 0. The van der Waals surface area contributed by atoms with Gasteiger partial charge in [0.2, 0.25) is 0 Å². The van der Waals surface area contributed by atoms with Crippen LogP contribution in [0.3, 0.4) is 0 Å². The van der Waals surface area contributed by atoms with Crippen LogP contribution in [0, 0.1) is 0 Å². The molecule has 0 bridgehead atoms. The predicted octanol–water partition coefficient (Wildman–Crippen LogP) is 1.03. The van der Waals surface area contributed by atoms with Crippen molar-refractivity contribution < 1.29 is 19.5 Å². The van der Waals surface area contributed by atoms with Gasteiger partial charge in [-0.3, -0.25) is 14.5 Å². The maximum atomic E-state index is 12.2. The van der Waals surface area contributed by atoms with Gasteiger partial charge < -0.3 is 10.0 Å². The van der Waals surface area contributed by atoms with Gasteiger partial charge in [-0.2, -0.15) is 0 Å². The van der Waals surface area contributed by atoms with Gasteiger partial charge in [0, 0.05) is 13.1 Å². The molecule has 19 heavy (non-hydrogen) atoms. The highest BCUT2D eigenvalue weighted by molar-refractivity contribution is 6.21. The van der Waals surface area contributed by atoms with Gasteiger partial charge in [0.25, 0.3) is 11.8 Å². The van der Waals surface area contributed by atoms with Gasteiger partial charge in [-0.15, -0.1) is 0 Å². The first-order chi connectivity index (χ1) is 9.09. The fourth-order valence-electron chi connectivity index (χ4n) is 2.67. The lowest BCUT2D eigenvalue weighted by atomic mass is 10.1. The fourth-order valence-corrected chi connectivity index (χ4v) is 2.67. The minimum absolute atomic E-state index is 0.195. The van der Waals surface area contributed by atoms with Crippen molar-refractivity contribution in [1.29, 1.82) is 0 Å². The van der Waals surface area contributed by atoms with E-state index in [9.17, 15) is 14.4 Å². The number of hydrogen-bond donors (Lipinski definition) is 1. The van der Waals surface area contributed by atoms with E-state index in [1.165, 1.54) is 9.80 Å². The number of carbonyl (C=O) groups is 3. The molecule has 3 amide bonds. The predicted molar refractivity (Wildman–Crippen MR) is 64.9 cm³/mol. The van der Waals surface area contributed by atoms with Crippen LogP contribution in [0.2, 0.25) is 0 Å². The first-order valence-electron chi connectivity index (χ1n) is 6.04. The Bertz CT molecular complexity index is 549. The molecule has 2 aliphatic rings. The first kappa shape index (κ1) is 11.7. The van der Waals surface area contributed by atoms with Crippen LogP contribution in [0.15, 0.2) is 24.3 Å². The number of carbonyl (C=O) groups excluding carboxylic acids is 2. The van der Waals surface area contributed by atoms with Crippen molar-refractivity contribution in [1.82, 2.24) is 9.80 Å². The van der Waals surface area contributed by atoms with Crippen molar-refractivity contribution in [2.24, 2.45) is 0 Å². The second kappa shape index (κ2) is 4.08. The molecule has 6 heteroatoms. The number of benzene rings is 1. The van der Waals surface area contributed by atoms with Crippen LogP contribution in [-0.4, -0.2) is 51.9 Å². The highest BCUT2D eigenvalue weighted by Gasteiger charge is 2.42. The Morgan fingerprint density at radius 3 is 2.21 bits per heavy atom. The normalized spacial score (nSPS) is 22.0. The highest BCUT2D eigenvalue weighted by Crippen LogP contribution is 2.27. The van der Waals surface area contributed by atoms with Gasteiger partial charge >= 0.3 is 6.09 Å². The molecule has 1 atom stereocenters. The van der Waals surface area contributed by atoms with Crippen molar-refractivity contribution in [2.75, 3.05) is 13.1 Å². The summed E-state index contributed by atoms with van der Waals surface area (Å²) in [6.45, 7) is 0.550. The van der Waals surface area contributed by atoms with Crippen molar-refractivity contribution in [3.8, 4) is 0 Å². The van der Waals surface area contributed by atoms with Crippen molar-refractivity contribution >= 4 is 17.9 Å². The Kier molecular flexibility index (Phi) is 2.51. The fraction of sp³-hybridized carbons (Fsp3) is 0.308. The molecule has 3 rings (SSSR count). The molecule has 0 saturated carbocycles. The maximum absolute atomic E-state index is 12.2. The van der Waals surface area contributed by atoms with Crippen LogP contribution in [0.4, 0.5) is 4.79 Å². The first-order valence-corrected chi connectivity index (χ1v) is 6.04. The molecule has 6 nitrogen and oxygen atoms in total. The van der Waals surface area contributed by atoms with Gasteiger partial charge in [-0.1, -0.05) is 12.1 Å². The zero-order valence-electron chi connectivity index (χ0n) is 10.1. The second-order valence-corrected chi connectivity index (χ2v) is 4.70. The molecule has 1 unspecified atom stereocenters. The van der Waals surface area contributed by atoms with Crippen LogP contribution >= 0.6 is 0 Å². The minimum atomic E-state index is -1.01. The highest BCUT2D eigenvalue weighted by atomic mass is 16.4. The van der Waals surface area contributed by atoms with Crippen LogP contribution < -0.4 is 0 Å². The quantitative estimate of drug-likeness (QED) is 0.765. The zero-order valence-corrected chi connectivity index (χ0v) is 10.1. The summed E-state index contributed by atoms with van der Waals surface area (Å²) in [5, 5.41) is 8.92. The van der Waals surface area contributed by atoms with E-state index in [1.807, 2.05) is 0 Å². The smallest absolute Gasteiger partial charge is 0.407 e. The molecule has 0 aliphatic carbocycles. The molecule has 0 radical (unpaired) electrons. The third-order valence-corrected chi connectivity index (χ3v) is 3.62. The third kappa shape index (κ3) is 1.68. The lowest BCUT2D eigenvalue weighted by molar-refractivity contribution is 0.0586. The Balaban J connectivity index is 1.87. The van der Waals surface area contributed by atoms with E-state index < -0.39 is 6.09 Å². The summed E-state index contributed by atoms with van der Waals surface area (Å²) in [6.07, 6.45) is -0.517. The van der Waals surface area contributed by atoms with Gasteiger partial charge in [-0.05, 0) is 18.6 Å². The van der Waals surface area contributed by atoms with Crippen molar-refractivity contribution in [2.45, 2.75) is 12.5 Å². The molecule has 1 aromatic carbocycles.